The van der Waals surface area contributed by atoms with Gasteiger partial charge >= 0.3 is 0 Å². The van der Waals surface area contributed by atoms with E-state index >= 15 is 0 Å². The molecule has 0 fully saturated rings. The van der Waals surface area contributed by atoms with Gasteiger partial charge in [-0.25, -0.2) is 0 Å². The van der Waals surface area contributed by atoms with Crippen molar-refractivity contribution < 1.29 is 0 Å². The molecular formula is C23H30ClN5. The summed E-state index contributed by atoms with van der Waals surface area (Å²) >= 11 is 6.32. The van der Waals surface area contributed by atoms with Crippen molar-refractivity contribution in [3.05, 3.63) is 70.9 Å². The molecule has 1 heterocycles. The van der Waals surface area contributed by atoms with Gasteiger partial charge in [-0.2, -0.15) is 15.0 Å². The predicted octanol–water partition coefficient (Wildman–Crippen LogP) is 4.47. The van der Waals surface area contributed by atoms with Crippen molar-refractivity contribution in [2.24, 2.45) is 0 Å². The second-order valence-corrected chi connectivity index (χ2v) is 7.45. The number of benzene rings is 2. The van der Waals surface area contributed by atoms with Crippen molar-refractivity contribution in [1.29, 1.82) is 0 Å². The van der Waals surface area contributed by atoms with Crippen molar-refractivity contribution >= 4 is 11.6 Å². The average molecular weight is 412 g/mol. The van der Waals surface area contributed by atoms with Gasteiger partial charge in [0.05, 0.1) is 6.54 Å². The quantitative estimate of drug-likeness (QED) is 0.473. The first-order valence-corrected chi connectivity index (χ1v) is 10.7. The zero-order valence-electron chi connectivity index (χ0n) is 17.3. The number of hydrogen-bond acceptors (Lipinski definition) is 4. The SMILES string of the molecule is CCN(CC)CCCNCc1nn(Cc2ccccc2Cl)nc1-c1ccccc1. The summed E-state index contributed by atoms with van der Waals surface area (Å²) in [4.78, 5) is 4.19. The molecule has 2 aromatic carbocycles. The van der Waals surface area contributed by atoms with Crippen LogP contribution in [-0.2, 0) is 13.1 Å². The molecule has 0 spiro atoms. The Labute approximate surface area is 178 Å². The highest BCUT2D eigenvalue weighted by Crippen LogP contribution is 2.21. The van der Waals surface area contributed by atoms with Gasteiger partial charge in [-0.1, -0.05) is 74.0 Å². The highest BCUT2D eigenvalue weighted by molar-refractivity contribution is 6.31. The Morgan fingerprint density at radius 1 is 0.966 bits per heavy atom. The standard InChI is InChI=1S/C23H30ClN5/c1-3-28(4-2)16-10-15-25-17-22-23(19-11-6-5-7-12-19)27-29(26-22)18-20-13-8-9-14-21(20)24/h5-9,11-14,25H,3-4,10,15-18H2,1-2H3. The van der Waals surface area contributed by atoms with E-state index in [1.165, 1.54) is 0 Å². The molecule has 0 atom stereocenters. The number of hydrogen-bond donors (Lipinski definition) is 1. The van der Waals surface area contributed by atoms with Crippen LogP contribution in [0.2, 0.25) is 5.02 Å². The molecule has 0 aliphatic heterocycles. The molecule has 0 aliphatic carbocycles. The molecule has 29 heavy (non-hydrogen) atoms. The smallest absolute Gasteiger partial charge is 0.117 e. The van der Waals surface area contributed by atoms with Crippen LogP contribution in [0.5, 0.6) is 0 Å². The first kappa shape index (κ1) is 21.5. The maximum absolute atomic E-state index is 6.32. The molecule has 0 aliphatic rings. The number of rotatable bonds is 11. The molecule has 0 saturated carbocycles. The summed E-state index contributed by atoms with van der Waals surface area (Å²) in [5, 5.41) is 13.8. The van der Waals surface area contributed by atoms with Crippen molar-refractivity contribution in [2.45, 2.75) is 33.4 Å². The minimum Gasteiger partial charge on any atom is -0.311 e. The largest absolute Gasteiger partial charge is 0.311 e. The minimum absolute atomic E-state index is 0.557. The Morgan fingerprint density at radius 2 is 1.69 bits per heavy atom. The van der Waals surface area contributed by atoms with Gasteiger partial charge in [-0.15, -0.1) is 0 Å². The van der Waals surface area contributed by atoms with Gasteiger partial charge < -0.3 is 10.2 Å². The zero-order chi connectivity index (χ0) is 20.5. The van der Waals surface area contributed by atoms with E-state index in [0.29, 0.717) is 13.1 Å². The van der Waals surface area contributed by atoms with Gasteiger partial charge in [-0.05, 0) is 44.2 Å². The maximum Gasteiger partial charge on any atom is 0.117 e. The minimum atomic E-state index is 0.557. The van der Waals surface area contributed by atoms with E-state index in [9.17, 15) is 0 Å². The molecule has 1 aromatic heterocycles. The fraction of sp³-hybridized carbons (Fsp3) is 0.391. The van der Waals surface area contributed by atoms with Crippen molar-refractivity contribution in [2.75, 3.05) is 26.2 Å². The molecule has 0 amide bonds. The summed E-state index contributed by atoms with van der Waals surface area (Å²) < 4.78 is 0. The third kappa shape index (κ3) is 6.13. The molecule has 0 bridgehead atoms. The summed E-state index contributed by atoms with van der Waals surface area (Å²) in [6, 6.07) is 18.1. The Bertz CT molecular complexity index is 874. The van der Waals surface area contributed by atoms with Crippen LogP contribution in [0.4, 0.5) is 0 Å². The van der Waals surface area contributed by atoms with Crippen LogP contribution in [0.15, 0.2) is 54.6 Å². The lowest BCUT2D eigenvalue weighted by Gasteiger charge is -2.17. The van der Waals surface area contributed by atoms with E-state index in [-0.39, 0.29) is 0 Å². The summed E-state index contributed by atoms with van der Waals surface area (Å²) in [6.07, 6.45) is 1.12. The van der Waals surface area contributed by atoms with E-state index in [1.807, 2.05) is 42.5 Å². The van der Waals surface area contributed by atoms with Crippen LogP contribution < -0.4 is 5.32 Å². The van der Waals surface area contributed by atoms with E-state index in [1.54, 1.807) is 4.80 Å². The van der Waals surface area contributed by atoms with E-state index < -0.39 is 0 Å². The maximum atomic E-state index is 6.32. The number of nitrogens with one attached hydrogen (secondary N) is 1. The molecule has 0 unspecified atom stereocenters. The van der Waals surface area contributed by atoms with Crippen LogP contribution in [0.25, 0.3) is 11.3 Å². The van der Waals surface area contributed by atoms with E-state index in [0.717, 1.165) is 60.1 Å². The summed E-state index contributed by atoms with van der Waals surface area (Å²) in [7, 11) is 0. The lowest BCUT2D eigenvalue weighted by atomic mass is 10.1. The van der Waals surface area contributed by atoms with Gasteiger partial charge in [0.15, 0.2) is 0 Å². The fourth-order valence-electron chi connectivity index (χ4n) is 3.35. The van der Waals surface area contributed by atoms with E-state index in [4.69, 9.17) is 21.8 Å². The van der Waals surface area contributed by atoms with Gasteiger partial charge in [0, 0.05) is 17.1 Å². The van der Waals surface area contributed by atoms with Crippen molar-refractivity contribution in [1.82, 2.24) is 25.2 Å². The molecule has 5 nitrogen and oxygen atoms in total. The molecule has 6 heteroatoms. The summed E-state index contributed by atoms with van der Waals surface area (Å²) in [5.41, 5.74) is 3.99. The molecule has 154 valence electrons. The first-order chi connectivity index (χ1) is 14.2. The van der Waals surface area contributed by atoms with Crippen LogP contribution in [-0.4, -0.2) is 46.1 Å². The Kier molecular flexibility index (Phi) is 8.23. The van der Waals surface area contributed by atoms with Gasteiger partial charge in [0.2, 0.25) is 0 Å². The van der Waals surface area contributed by atoms with Crippen LogP contribution in [0, 0.1) is 0 Å². The van der Waals surface area contributed by atoms with E-state index in [2.05, 4.69) is 36.2 Å². The highest BCUT2D eigenvalue weighted by atomic mass is 35.5. The molecule has 0 saturated heterocycles. The van der Waals surface area contributed by atoms with Crippen LogP contribution >= 0.6 is 11.6 Å². The van der Waals surface area contributed by atoms with Crippen LogP contribution in [0.1, 0.15) is 31.5 Å². The fourth-order valence-corrected chi connectivity index (χ4v) is 3.54. The molecule has 0 radical (unpaired) electrons. The highest BCUT2D eigenvalue weighted by Gasteiger charge is 2.14. The Morgan fingerprint density at radius 3 is 2.41 bits per heavy atom. The van der Waals surface area contributed by atoms with Crippen molar-refractivity contribution in [3.63, 3.8) is 0 Å². The summed E-state index contributed by atoms with van der Waals surface area (Å²) in [5.74, 6) is 0. The predicted molar refractivity (Wildman–Crippen MR) is 120 cm³/mol. The molecule has 3 aromatic rings. The molecule has 3 rings (SSSR count). The average Bonchev–Trinajstić information content (AvgIpc) is 3.15. The Hall–Kier alpha value is -2.21. The number of aromatic nitrogens is 3. The van der Waals surface area contributed by atoms with Crippen LogP contribution in [0.3, 0.4) is 0 Å². The van der Waals surface area contributed by atoms with Crippen molar-refractivity contribution in [3.8, 4) is 11.3 Å². The van der Waals surface area contributed by atoms with Gasteiger partial charge in [-0.3, -0.25) is 0 Å². The zero-order valence-corrected chi connectivity index (χ0v) is 18.1. The number of nitrogens with zero attached hydrogens (tertiary/aromatic N) is 4. The second kappa shape index (κ2) is 11.1. The monoisotopic (exact) mass is 411 g/mol. The third-order valence-electron chi connectivity index (χ3n) is 5.06. The lowest BCUT2D eigenvalue weighted by molar-refractivity contribution is 0.298. The number of halogens is 1. The normalized spacial score (nSPS) is 11.3. The topological polar surface area (TPSA) is 46.0 Å². The van der Waals surface area contributed by atoms with Gasteiger partial charge in [0.25, 0.3) is 0 Å². The van der Waals surface area contributed by atoms with Gasteiger partial charge in [0.1, 0.15) is 11.4 Å². The molecule has 1 N–H and O–H groups in total. The molecular weight excluding hydrogens is 382 g/mol. The first-order valence-electron chi connectivity index (χ1n) is 10.4. The Balaban J connectivity index is 1.69. The second-order valence-electron chi connectivity index (χ2n) is 7.04. The third-order valence-corrected chi connectivity index (χ3v) is 5.43. The lowest BCUT2D eigenvalue weighted by Crippen LogP contribution is -2.27. The summed E-state index contributed by atoms with van der Waals surface area (Å²) in [6.45, 7) is 9.95.